The zero-order valence-electron chi connectivity index (χ0n) is 19.2. The van der Waals surface area contributed by atoms with Crippen LogP contribution < -0.4 is 15.4 Å². The van der Waals surface area contributed by atoms with Crippen LogP contribution in [-0.2, 0) is 13.1 Å². The Morgan fingerprint density at radius 3 is 2.61 bits per heavy atom. The lowest BCUT2D eigenvalue weighted by Gasteiger charge is -2.30. The smallest absolute Gasteiger partial charge is 0.191 e. The van der Waals surface area contributed by atoms with Crippen LogP contribution in [0.25, 0.3) is 0 Å². The van der Waals surface area contributed by atoms with E-state index in [0.717, 1.165) is 43.7 Å². The first kappa shape index (κ1) is 25.5. The minimum atomic E-state index is 0. The summed E-state index contributed by atoms with van der Waals surface area (Å²) < 4.78 is 7.85. The van der Waals surface area contributed by atoms with Crippen LogP contribution in [0.5, 0.6) is 5.75 Å². The molecule has 172 valence electrons. The number of hydrogen-bond acceptors (Lipinski definition) is 4. The van der Waals surface area contributed by atoms with Gasteiger partial charge in [0.15, 0.2) is 5.96 Å². The molecule has 0 aliphatic carbocycles. The third-order valence-corrected chi connectivity index (χ3v) is 5.54. The summed E-state index contributed by atoms with van der Waals surface area (Å²) in [5.41, 5.74) is 1.22. The molecule has 1 atom stereocenters. The van der Waals surface area contributed by atoms with Crippen molar-refractivity contribution in [2.45, 2.75) is 45.8 Å². The molecule has 1 fully saturated rings. The van der Waals surface area contributed by atoms with Crippen molar-refractivity contribution >= 4 is 29.9 Å². The highest BCUT2D eigenvalue weighted by atomic mass is 127. The lowest BCUT2D eigenvalue weighted by atomic mass is 10.0. The number of ether oxygens (including phenoxy) is 1. The summed E-state index contributed by atoms with van der Waals surface area (Å²) in [4.78, 5) is 11.5. The molecule has 8 heteroatoms. The fraction of sp³-hybridized carbons (Fsp3) is 0.565. The Morgan fingerprint density at radius 2 is 1.94 bits per heavy atom. The van der Waals surface area contributed by atoms with E-state index in [1.807, 2.05) is 31.6 Å². The lowest BCUT2D eigenvalue weighted by Crippen LogP contribution is -2.42. The summed E-state index contributed by atoms with van der Waals surface area (Å²) in [6.07, 6.45) is 6.40. The Morgan fingerprint density at radius 1 is 1.19 bits per heavy atom. The Hall–Kier alpha value is -1.81. The van der Waals surface area contributed by atoms with E-state index in [2.05, 4.69) is 56.1 Å². The van der Waals surface area contributed by atoms with Gasteiger partial charge in [-0.2, -0.15) is 0 Å². The van der Waals surface area contributed by atoms with Crippen molar-refractivity contribution in [2.24, 2.45) is 10.9 Å². The van der Waals surface area contributed by atoms with Gasteiger partial charge in [0.05, 0.1) is 19.7 Å². The molecule has 1 aromatic carbocycles. The predicted molar refractivity (Wildman–Crippen MR) is 137 cm³/mol. The molecule has 0 amide bonds. The molecule has 7 nitrogen and oxygen atoms in total. The first-order chi connectivity index (χ1) is 14.6. The molecular formula is C23H37IN6O. The number of nitrogens with one attached hydrogen (secondary N) is 2. The molecule has 2 N–H and O–H groups in total. The van der Waals surface area contributed by atoms with Crippen LogP contribution in [0.1, 0.15) is 44.1 Å². The van der Waals surface area contributed by atoms with E-state index in [0.29, 0.717) is 12.5 Å². The maximum absolute atomic E-state index is 5.65. The normalized spacial score (nSPS) is 15.6. The zero-order valence-corrected chi connectivity index (χ0v) is 21.5. The summed E-state index contributed by atoms with van der Waals surface area (Å²) in [7, 11) is 3.55. The monoisotopic (exact) mass is 540 g/mol. The zero-order chi connectivity index (χ0) is 21.3. The number of aliphatic imine (C=N–C) groups is 1. The average Bonchev–Trinajstić information content (AvgIpc) is 3.43. The molecule has 31 heavy (non-hydrogen) atoms. The van der Waals surface area contributed by atoms with E-state index in [1.165, 1.54) is 18.4 Å². The Labute approximate surface area is 203 Å². The highest BCUT2D eigenvalue weighted by Crippen LogP contribution is 2.31. The van der Waals surface area contributed by atoms with Crippen LogP contribution in [-0.4, -0.2) is 54.2 Å². The second-order valence-electron chi connectivity index (χ2n) is 8.20. The van der Waals surface area contributed by atoms with Crippen molar-refractivity contribution in [2.75, 3.05) is 33.8 Å². The summed E-state index contributed by atoms with van der Waals surface area (Å²) in [6.45, 7) is 9.03. The van der Waals surface area contributed by atoms with E-state index in [4.69, 9.17) is 4.74 Å². The number of aromatic nitrogens is 2. The van der Waals surface area contributed by atoms with Gasteiger partial charge in [0.25, 0.3) is 0 Å². The summed E-state index contributed by atoms with van der Waals surface area (Å²) in [5.74, 6) is 3.33. The molecule has 1 aromatic heterocycles. The minimum Gasteiger partial charge on any atom is -0.496 e. The van der Waals surface area contributed by atoms with Crippen molar-refractivity contribution in [3.63, 3.8) is 0 Å². The third-order valence-electron chi connectivity index (χ3n) is 5.54. The first-order valence-electron chi connectivity index (χ1n) is 10.9. The van der Waals surface area contributed by atoms with Gasteiger partial charge in [0, 0.05) is 38.1 Å². The maximum atomic E-state index is 5.65. The Bertz CT molecular complexity index is 816. The number of benzene rings is 1. The number of para-hydroxylation sites is 1. The lowest BCUT2D eigenvalue weighted by molar-refractivity contribution is 0.239. The average molecular weight is 540 g/mol. The van der Waals surface area contributed by atoms with Gasteiger partial charge in [-0.1, -0.05) is 32.0 Å². The Balaban J connectivity index is 0.00000341. The molecule has 0 bridgehead atoms. The molecule has 2 heterocycles. The largest absolute Gasteiger partial charge is 0.496 e. The van der Waals surface area contributed by atoms with Crippen LogP contribution >= 0.6 is 24.0 Å². The number of nitrogens with zero attached hydrogens (tertiary/aromatic N) is 4. The fourth-order valence-corrected chi connectivity index (χ4v) is 4.07. The van der Waals surface area contributed by atoms with E-state index >= 15 is 0 Å². The Kier molecular flexibility index (Phi) is 10.6. The number of likely N-dealkylation sites (tertiary alicyclic amines) is 1. The highest BCUT2D eigenvalue weighted by Gasteiger charge is 2.26. The van der Waals surface area contributed by atoms with E-state index in [-0.39, 0.29) is 30.0 Å². The van der Waals surface area contributed by atoms with Crippen LogP contribution in [0.15, 0.2) is 41.7 Å². The summed E-state index contributed by atoms with van der Waals surface area (Å²) >= 11 is 0. The van der Waals surface area contributed by atoms with Gasteiger partial charge in [0.1, 0.15) is 11.6 Å². The van der Waals surface area contributed by atoms with Crippen LogP contribution in [0.3, 0.4) is 0 Å². The topological polar surface area (TPSA) is 66.7 Å². The maximum Gasteiger partial charge on any atom is 0.191 e. The summed E-state index contributed by atoms with van der Waals surface area (Å²) in [6, 6.07) is 8.56. The SMILES string of the molecule is CN=C(NCc1nccn1CC(C)C)NCC(c1ccccc1OC)N1CCCC1.I. The van der Waals surface area contributed by atoms with E-state index in [9.17, 15) is 0 Å². The second-order valence-corrected chi connectivity index (χ2v) is 8.20. The van der Waals surface area contributed by atoms with Crippen molar-refractivity contribution in [3.05, 3.63) is 48.0 Å². The standard InChI is InChI=1S/C23H36N6O.HI/c1-18(2)17-29-14-11-25-22(29)16-27-23(24-3)26-15-20(28-12-7-8-13-28)19-9-5-6-10-21(19)30-4;/h5-6,9-11,14,18,20H,7-8,12-13,15-17H2,1-4H3,(H2,24,26,27);1H. The van der Waals surface area contributed by atoms with Gasteiger partial charge in [-0.05, 0) is 37.9 Å². The number of methoxy groups -OCH3 is 1. The van der Waals surface area contributed by atoms with E-state index in [1.54, 1.807) is 7.11 Å². The van der Waals surface area contributed by atoms with Crippen molar-refractivity contribution in [1.29, 1.82) is 0 Å². The molecule has 2 aromatic rings. The van der Waals surface area contributed by atoms with E-state index < -0.39 is 0 Å². The highest BCUT2D eigenvalue weighted by molar-refractivity contribution is 14.0. The quantitative estimate of drug-likeness (QED) is 0.289. The summed E-state index contributed by atoms with van der Waals surface area (Å²) in [5, 5.41) is 6.94. The van der Waals surface area contributed by atoms with Crippen molar-refractivity contribution in [1.82, 2.24) is 25.1 Å². The minimum absolute atomic E-state index is 0. The second kappa shape index (κ2) is 12.9. The van der Waals surface area contributed by atoms with Gasteiger partial charge in [0.2, 0.25) is 0 Å². The van der Waals surface area contributed by atoms with Crippen molar-refractivity contribution < 1.29 is 4.74 Å². The molecule has 1 aliphatic heterocycles. The molecule has 0 spiro atoms. The van der Waals surface area contributed by atoms with Gasteiger partial charge in [-0.3, -0.25) is 9.89 Å². The number of imidazole rings is 1. The molecule has 1 saturated heterocycles. The van der Waals surface area contributed by atoms with Gasteiger partial charge in [-0.25, -0.2) is 4.98 Å². The number of halogens is 1. The molecular weight excluding hydrogens is 503 g/mol. The first-order valence-corrected chi connectivity index (χ1v) is 10.9. The molecule has 3 rings (SSSR count). The number of hydrogen-bond donors (Lipinski definition) is 2. The van der Waals surface area contributed by atoms with Gasteiger partial charge < -0.3 is 19.9 Å². The fourth-order valence-electron chi connectivity index (χ4n) is 4.07. The number of rotatable bonds is 9. The van der Waals surface area contributed by atoms with Gasteiger partial charge >= 0.3 is 0 Å². The van der Waals surface area contributed by atoms with Crippen molar-refractivity contribution in [3.8, 4) is 5.75 Å². The predicted octanol–water partition coefficient (Wildman–Crippen LogP) is 3.67. The van der Waals surface area contributed by atoms with Crippen LogP contribution in [0, 0.1) is 5.92 Å². The van der Waals surface area contributed by atoms with Crippen LogP contribution in [0.2, 0.25) is 0 Å². The molecule has 1 aliphatic rings. The molecule has 0 saturated carbocycles. The molecule has 1 unspecified atom stereocenters. The van der Waals surface area contributed by atoms with Gasteiger partial charge in [-0.15, -0.1) is 24.0 Å². The third kappa shape index (κ3) is 7.10. The number of guanidine groups is 1. The molecule has 0 radical (unpaired) electrons. The van der Waals surface area contributed by atoms with Crippen LogP contribution in [0.4, 0.5) is 0 Å².